The normalized spacial score (nSPS) is 31.4. The van der Waals surface area contributed by atoms with E-state index in [1.807, 2.05) is 0 Å². The molecule has 0 unspecified atom stereocenters. The summed E-state index contributed by atoms with van der Waals surface area (Å²) in [5.41, 5.74) is 2.27. The van der Waals surface area contributed by atoms with Gasteiger partial charge in [0.25, 0.3) is 0 Å². The largest absolute Gasteiger partial charge is 0.356 e. The first-order chi connectivity index (χ1) is 12.5. The van der Waals surface area contributed by atoms with Gasteiger partial charge in [-0.1, -0.05) is 6.42 Å². The number of hydrogen-bond acceptors (Lipinski definition) is 5. The third kappa shape index (κ3) is 3.20. The molecule has 0 aliphatic carbocycles. The first-order valence-corrected chi connectivity index (χ1v) is 10.1. The number of rotatable bonds is 3. The van der Waals surface area contributed by atoms with E-state index in [1.165, 1.54) is 37.8 Å². The van der Waals surface area contributed by atoms with Crippen molar-refractivity contribution in [3.05, 3.63) is 17.6 Å². The zero-order chi connectivity index (χ0) is 18.3. The van der Waals surface area contributed by atoms with Gasteiger partial charge in [0.2, 0.25) is 5.91 Å². The summed E-state index contributed by atoms with van der Waals surface area (Å²) < 4.78 is 0. The van der Waals surface area contributed by atoms with Gasteiger partial charge in [-0.3, -0.25) is 9.69 Å². The number of nitrogens with one attached hydrogen (secondary N) is 1. The Kier molecular flexibility index (Phi) is 4.86. The van der Waals surface area contributed by atoms with Crippen molar-refractivity contribution >= 4 is 11.7 Å². The molecule has 0 aromatic carbocycles. The highest BCUT2D eigenvalue weighted by molar-refractivity contribution is 5.72. The van der Waals surface area contributed by atoms with E-state index in [-0.39, 0.29) is 5.91 Å². The lowest BCUT2D eigenvalue weighted by Gasteiger charge is -2.57. The number of anilines is 1. The van der Waals surface area contributed by atoms with E-state index in [4.69, 9.17) is 0 Å². The maximum absolute atomic E-state index is 11.5. The number of aromatic nitrogens is 2. The number of fused-ring (bicyclic) bond motifs is 4. The summed E-state index contributed by atoms with van der Waals surface area (Å²) in [4.78, 5) is 25.7. The predicted octanol–water partition coefficient (Wildman–Crippen LogP) is 1.91. The summed E-state index contributed by atoms with van der Waals surface area (Å²) in [6.45, 7) is 9.92. The van der Waals surface area contributed by atoms with Crippen LogP contribution in [-0.4, -0.2) is 59.0 Å². The minimum Gasteiger partial charge on any atom is -0.356 e. The predicted molar refractivity (Wildman–Crippen MR) is 102 cm³/mol. The van der Waals surface area contributed by atoms with E-state index in [1.54, 1.807) is 13.3 Å². The van der Waals surface area contributed by atoms with E-state index in [2.05, 4.69) is 38.9 Å². The topological polar surface area (TPSA) is 61.4 Å². The summed E-state index contributed by atoms with van der Waals surface area (Å²) >= 11 is 0. The molecule has 3 aliphatic heterocycles. The quantitative estimate of drug-likeness (QED) is 0.895. The Morgan fingerprint density at radius 2 is 2.04 bits per heavy atom. The molecule has 3 fully saturated rings. The molecule has 4 heterocycles. The van der Waals surface area contributed by atoms with Crippen LogP contribution in [0.2, 0.25) is 0 Å². The molecule has 0 saturated carbocycles. The second kappa shape index (κ2) is 7.14. The van der Waals surface area contributed by atoms with Gasteiger partial charge in [-0.2, -0.15) is 0 Å². The molecule has 142 valence electrons. The second-order valence-corrected chi connectivity index (χ2v) is 8.37. The fraction of sp³-hybridized carbons (Fsp3) is 0.750. The summed E-state index contributed by atoms with van der Waals surface area (Å²) in [6.07, 6.45) is 6.90. The summed E-state index contributed by atoms with van der Waals surface area (Å²) in [7, 11) is 0. The molecule has 2 bridgehead atoms. The third-order valence-electron chi connectivity index (χ3n) is 6.79. The van der Waals surface area contributed by atoms with Crippen molar-refractivity contribution in [2.45, 2.75) is 58.5 Å². The standard InChI is InChI=1S/C20H31N5O/c1-13-14(2)22-12-23-20(13)24-10-16-8-17(11-24)19(9-21-15(3)26)25-7-5-4-6-18(16)25/h12,16-19H,4-11H2,1-3H3,(H,21,26)/t16-,17+,18+,19+/m1/s1. The van der Waals surface area contributed by atoms with Gasteiger partial charge in [-0.25, -0.2) is 9.97 Å². The molecule has 1 aromatic rings. The number of nitrogens with zero attached hydrogens (tertiary/aromatic N) is 4. The Morgan fingerprint density at radius 3 is 2.85 bits per heavy atom. The van der Waals surface area contributed by atoms with Gasteiger partial charge in [0, 0.05) is 49.9 Å². The Morgan fingerprint density at radius 1 is 1.23 bits per heavy atom. The molecule has 26 heavy (non-hydrogen) atoms. The number of carbonyl (C=O) groups is 1. The van der Waals surface area contributed by atoms with Crippen molar-refractivity contribution in [2.75, 3.05) is 31.1 Å². The van der Waals surface area contributed by atoms with Gasteiger partial charge in [0.15, 0.2) is 0 Å². The highest BCUT2D eigenvalue weighted by Crippen LogP contribution is 2.42. The van der Waals surface area contributed by atoms with Gasteiger partial charge >= 0.3 is 0 Å². The lowest BCUT2D eigenvalue weighted by atomic mass is 9.72. The van der Waals surface area contributed by atoms with E-state index in [0.29, 0.717) is 23.9 Å². The molecule has 4 atom stereocenters. The molecule has 1 amide bonds. The van der Waals surface area contributed by atoms with Crippen LogP contribution in [-0.2, 0) is 4.79 Å². The van der Waals surface area contributed by atoms with Crippen LogP contribution in [0.5, 0.6) is 0 Å². The van der Waals surface area contributed by atoms with Crippen LogP contribution in [0, 0.1) is 25.7 Å². The van der Waals surface area contributed by atoms with Crippen LogP contribution >= 0.6 is 0 Å². The fourth-order valence-corrected chi connectivity index (χ4v) is 5.45. The van der Waals surface area contributed by atoms with E-state index in [9.17, 15) is 4.79 Å². The van der Waals surface area contributed by atoms with Crippen molar-refractivity contribution in [3.8, 4) is 0 Å². The van der Waals surface area contributed by atoms with Crippen molar-refractivity contribution in [1.82, 2.24) is 20.2 Å². The maximum Gasteiger partial charge on any atom is 0.216 e. The van der Waals surface area contributed by atoms with Crippen LogP contribution in [0.15, 0.2) is 6.33 Å². The molecule has 6 nitrogen and oxygen atoms in total. The molecular weight excluding hydrogens is 326 g/mol. The second-order valence-electron chi connectivity index (χ2n) is 8.37. The van der Waals surface area contributed by atoms with E-state index >= 15 is 0 Å². The van der Waals surface area contributed by atoms with Crippen molar-refractivity contribution in [3.63, 3.8) is 0 Å². The first kappa shape index (κ1) is 17.7. The Balaban J connectivity index is 1.60. The molecule has 1 aromatic heterocycles. The van der Waals surface area contributed by atoms with Crippen molar-refractivity contribution < 1.29 is 4.79 Å². The summed E-state index contributed by atoms with van der Waals surface area (Å²) in [5, 5.41) is 3.10. The monoisotopic (exact) mass is 357 g/mol. The minimum atomic E-state index is 0.0793. The third-order valence-corrected chi connectivity index (χ3v) is 6.79. The van der Waals surface area contributed by atoms with Gasteiger partial charge < -0.3 is 10.2 Å². The zero-order valence-corrected chi connectivity index (χ0v) is 16.2. The SMILES string of the molecule is CC(=O)NC[C@H]1[C@H]2C[C@H](CN(c3ncnc(C)c3C)C2)[C@@H]2CCCCN21. The van der Waals surface area contributed by atoms with Gasteiger partial charge in [0.1, 0.15) is 12.1 Å². The van der Waals surface area contributed by atoms with E-state index in [0.717, 1.165) is 31.1 Å². The lowest BCUT2D eigenvalue weighted by molar-refractivity contribution is -0.119. The number of hydrogen-bond donors (Lipinski definition) is 1. The van der Waals surface area contributed by atoms with Gasteiger partial charge in [0.05, 0.1) is 0 Å². The average molecular weight is 358 g/mol. The first-order valence-electron chi connectivity index (χ1n) is 10.1. The van der Waals surface area contributed by atoms with Gasteiger partial charge in [-0.15, -0.1) is 0 Å². The van der Waals surface area contributed by atoms with Crippen LogP contribution in [0.4, 0.5) is 5.82 Å². The number of carbonyl (C=O) groups excluding carboxylic acids is 1. The molecular formula is C20H31N5O. The minimum absolute atomic E-state index is 0.0793. The zero-order valence-electron chi connectivity index (χ0n) is 16.2. The Hall–Kier alpha value is -1.69. The molecule has 6 heteroatoms. The van der Waals surface area contributed by atoms with Gasteiger partial charge in [-0.05, 0) is 51.5 Å². The van der Waals surface area contributed by atoms with E-state index < -0.39 is 0 Å². The van der Waals surface area contributed by atoms with Crippen LogP contribution in [0.3, 0.4) is 0 Å². The van der Waals surface area contributed by atoms with Crippen LogP contribution in [0.25, 0.3) is 0 Å². The van der Waals surface area contributed by atoms with Crippen molar-refractivity contribution in [1.29, 1.82) is 0 Å². The molecule has 3 saturated heterocycles. The summed E-state index contributed by atoms with van der Waals surface area (Å²) in [6, 6.07) is 1.11. The average Bonchev–Trinajstić information content (AvgIpc) is 2.63. The van der Waals surface area contributed by atoms with Crippen molar-refractivity contribution in [2.24, 2.45) is 11.8 Å². The number of piperidine rings is 3. The number of amides is 1. The molecule has 4 rings (SSSR count). The highest BCUT2D eigenvalue weighted by atomic mass is 16.1. The Bertz CT molecular complexity index is 678. The summed E-state index contributed by atoms with van der Waals surface area (Å²) in [5.74, 6) is 2.48. The van der Waals surface area contributed by atoms with Crippen LogP contribution in [0.1, 0.15) is 43.9 Å². The molecule has 1 N–H and O–H groups in total. The fourth-order valence-electron chi connectivity index (χ4n) is 5.45. The van der Waals surface area contributed by atoms with Crippen LogP contribution < -0.4 is 10.2 Å². The number of aryl methyl sites for hydroxylation is 1. The Labute approximate surface area is 156 Å². The molecule has 0 spiro atoms. The maximum atomic E-state index is 11.5. The lowest BCUT2D eigenvalue weighted by Crippen LogP contribution is -2.65. The smallest absolute Gasteiger partial charge is 0.216 e. The molecule has 0 radical (unpaired) electrons. The highest BCUT2D eigenvalue weighted by Gasteiger charge is 2.47. The molecule has 3 aliphatic rings.